The average molecular weight is 387 g/mol. The third-order valence-corrected chi connectivity index (χ3v) is 5.17. The fourth-order valence-electron chi connectivity index (χ4n) is 1.89. The Morgan fingerprint density at radius 3 is 1.43 bits per heavy atom. The van der Waals surface area contributed by atoms with Crippen molar-refractivity contribution in [1.29, 1.82) is 0 Å². The molecule has 0 spiro atoms. The molecule has 0 aromatic heterocycles. The predicted molar refractivity (Wildman–Crippen MR) is 79.1 cm³/mol. The molecule has 0 heterocycles. The minimum absolute atomic E-state index is 0.293. The van der Waals surface area contributed by atoms with Crippen molar-refractivity contribution in [3.63, 3.8) is 0 Å². The maximum atomic E-state index is 13.7. The lowest BCUT2D eigenvalue weighted by atomic mass is 10.2. The predicted octanol–water partition coefficient (Wildman–Crippen LogP) is 4.66. The first-order valence-electron chi connectivity index (χ1n) is 6.07. The first-order chi connectivity index (χ1) is 10.6. The average Bonchev–Trinajstić information content (AvgIpc) is 2.48. The Morgan fingerprint density at radius 2 is 1.09 bits per heavy atom. The summed E-state index contributed by atoms with van der Waals surface area (Å²) in [5.74, 6) is -7.33. The van der Waals surface area contributed by atoms with E-state index in [1.807, 2.05) is 0 Å². The van der Waals surface area contributed by atoms with Crippen LogP contribution in [0.1, 0.15) is 11.1 Å². The molecule has 0 aliphatic rings. The summed E-state index contributed by atoms with van der Waals surface area (Å²) in [5.41, 5.74) is -1.17. The molecule has 0 N–H and O–H groups in total. The molecule has 124 valence electrons. The molecule has 0 saturated carbocycles. The molecule has 0 saturated heterocycles. The Labute approximate surface area is 139 Å². The zero-order valence-corrected chi connectivity index (χ0v) is 13.5. The largest absolute Gasteiger partial charge is 0.228 e. The van der Waals surface area contributed by atoms with Crippen molar-refractivity contribution in [1.82, 2.24) is 0 Å². The van der Waals surface area contributed by atoms with Gasteiger partial charge in [-0.2, -0.15) is 0 Å². The van der Waals surface area contributed by atoms with Crippen molar-refractivity contribution in [3.05, 3.63) is 68.7 Å². The zero-order chi connectivity index (χ0) is 17.4. The van der Waals surface area contributed by atoms with Crippen molar-refractivity contribution in [2.45, 2.75) is 11.5 Å². The quantitative estimate of drug-likeness (QED) is 0.565. The minimum Gasteiger partial charge on any atom is -0.228 e. The number of halogens is 6. The second-order valence-corrected chi connectivity index (χ2v) is 7.55. The lowest BCUT2D eigenvalue weighted by Crippen LogP contribution is -2.12. The van der Waals surface area contributed by atoms with Crippen LogP contribution in [0.15, 0.2) is 24.3 Å². The molecule has 2 nitrogen and oxygen atoms in total. The van der Waals surface area contributed by atoms with Gasteiger partial charge in [0, 0.05) is 21.2 Å². The van der Waals surface area contributed by atoms with E-state index in [1.165, 1.54) is 0 Å². The number of hydrogen-bond acceptors (Lipinski definition) is 2. The van der Waals surface area contributed by atoms with Gasteiger partial charge in [0.25, 0.3) is 0 Å². The summed E-state index contributed by atoms with van der Waals surface area (Å²) in [4.78, 5) is 0. The molecule has 2 aromatic carbocycles. The molecule has 2 aromatic rings. The van der Waals surface area contributed by atoms with Crippen LogP contribution in [0, 0.1) is 23.3 Å². The highest BCUT2D eigenvalue weighted by Gasteiger charge is 2.24. The molecular formula is C14H8Cl2F4O2S. The number of rotatable bonds is 4. The van der Waals surface area contributed by atoms with E-state index in [0.29, 0.717) is 0 Å². The van der Waals surface area contributed by atoms with Gasteiger partial charge in [-0.1, -0.05) is 23.2 Å². The van der Waals surface area contributed by atoms with E-state index in [-0.39, 0.29) is 10.0 Å². The summed E-state index contributed by atoms with van der Waals surface area (Å²) in [5, 5.41) is -0.587. The lowest BCUT2D eigenvalue weighted by Gasteiger charge is -2.10. The van der Waals surface area contributed by atoms with Gasteiger partial charge in [0.05, 0.1) is 11.5 Å². The van der Waals surface area contributed by atoms with Gasteiger partial charge < -0.3 is 0 Å². The third kappa shape index (κ3) is 3.97. The van der Waals surface area contributed by atoms with Gasteiger partial charge in [0.1, 0.15) is 0 Å². The van der Waals surface area contributed by atoms with Crippen molar-refractivity contribution in [2.75, 3.05) is 0 Å². The minimum atomic E-state index is -4.19. The molecule has 9 heteroatoms. The summed E-state index contributed by atoms with van der Waals surface area (Å²) in [7, 11) is -4.19. The van der Waals surface area contributed by atoms with Crippen LogP contribution < -0.4 is 0 Å². The number of sulfone groups is 1. The second kappa shape index (κ2) is 6.67. The SMILES string of the molecule is O=S(=O)(Cc1c(Cl)ccc(F)c1F)Cc1c(Cl)ccc(F)c1F. The fourth-order valence-corrected chi connectivity index (χ4v) is 4.02. The van der Waals surface area contributed by atoms with Crippen LogP contribution in [0.5, 0.6) is 0 Å². The zero-order valence-electron chi connectivity index (χ0n) is 11.2. The summed E-state index contributed by atoms with van der Waals surface area (Å²) < 4.78 is 77.9. The van der Waals surface area contributed by atoms with Crippen LogP contribution in [-0.4, -0.2) is 8.42 Å². The Hall–Kier alpha value is -1.31. The standard InChI is InChI=1S/C14H8Cl2F4O2S/c15-9-1-3-11(17)13(19)7(9)5-23(21,22)6-8-10(16)2-4-12(18)14(8)20/h1-4H,5-6H2. The van der Waals surface area contributed by atoms with Crippen molar-refractivity contribution < 1.29 is 26.0 Å². The smallest absolute Gasteiger partial charge is 0.164 e. The molecular weight excluding hydrogens is 379 g/mol. The molecule has 0 radical (unpaired) electrons. The van der Waals surface area contributed by atoms with Gasteiger partial charge >= 0.3 is 0 Å². The van der Waals surface area contributed by atoms with E-state index in [2.05, 4.69) is 0 Å². The van der Waals surface area contributed by atoms with E-state index in [1.54, 1.807) is 0 Å². The van der Waals surface area contributed by atoms with Gasteiger partial charge in [-0.05, 0) is 24.3 Å². The Morgan fingerprint density at radius 1 is 0.739 bits per heavy atom. The molecule has 0 fully saturated rings. The summed E-state index contributed by atoms with van der Waals surface area (Å²) in [6.45, 7) is 0. The van der Waals surface area contributed by atoms with Gasteiger partial charge in [0.2, 0.25) is 0 Å². The first kappa shape index (κ1) is 18.0. The van der Waals surface area contributed by atoms with E-state index >= 15 is 0 Å². The van der Waals surface area contributed by atoms with Crippen molar-refractivity contribution in [2.24, 2.45) is 0 Å². The maximum absolute atomic E-state index is 13.7. The molecule has 23 heavy (non-hydrogen) atoms. The van der Waals surface area contributed by atoms with Gasteiger partial charge in [0.15, 0.2) is 33.1 Å². The van der Waals surface area contributed by atoms with Crippen LogP contribution in [-0.2, 0) is 21.3 Å². The normalized spacial score (nSPS) is 11.7. The lowest BCUT2D eigenvalue weighted by molar-refractivity contribution is 0.499. The highest BCUT2D eigenvalue weighted by atomic mass is 35.5. The van der Waals surface area contributed by atoms with Gasteiger partial charge in [-0.25, -0.2) is 26.0 Å². The summed E-state index contributed by atoms with van der Waals surface area (Å²) in [6.07, 6.45) is 0. The molecule has 2 rings (SSSR count). The number of benzene rings is 2. The van der Waals surface area contributed by atoms with Crippen molar-refractivity contribution in [3.8, 4) is 0 Å². The number of hydrogen-bond donors (Lipinski definition) is 0. The molecule has 0 atom stereocenters. The van der Waals surface area contributed by atoms with Crippen LogP contribution in [0.25, 0.3) is 0 Å². The summed E-state index contributed by atoms with van der Waals surface area (Å²) in [6, 6.07) is 3.49. The highest BCUT2D eigenvalue weighted by molar-refractivity contribution is 7.89. The van der Waals surface area contributed by atoms with Gasteiger partial charge in [-0.3, -0.25) is 0 Å². The van der Waals surface area contributed by atoms with Crippen LogP contribution in [0.4, 0.5) is 17.6 Å². The molecule has 0 amide bonds. The van der Waals surface area contributed by atoms with Crippen LogP contribution in [0.3, 0.4) is 0 Å². The Bertz CT molecular complexity index is 804. The molecule has 0 aliphatic carbocycles. The maximum Gasteiger partial charge on any atom is 0.164 e. The van der Waals surface area contributed by atoms with Gasteiger partial charge in [-0.15, -0.1) is 0 Å². The third-order valence-electron chi connectivity index (χ3n) is 3.01. The van der Waals surface area contributed by atoms with Crippen LogP contribution >= 0.6 is 23.2 Å². The first-order valence-corrected chi connectivity index (χ1v) is 8.65. The van der Waals surface area contributed by atoms with E-state index in [4.69, 9.17) is 23.2 Å². The highest BCUT2D eigenvalue weighted by Crippen LogP contribution is 2.28. The molecule has 0 bridgehead atoms. The van der Waals surface area contributed by atoms with Crippen molar-refractivity contribution >= 4 is 33.0 Å². The monoisotopic (exact) mass is 386 g/mol. The Balaban J connectivity index is 2.39. The topological polar surface area (TPSA) is 34.1 Å². The van der Waals surface area contributed by atoms with E-state index in [9.17, 15) is 26.0 Å². The van der Waals surface area contributed by atoms with E-state index < -0.39 is 55.7 Å². The van der Waals surface area contributed by atoms with E-state index in [0.717, 1.165) is 24.3 Å². The fraction of sp³-hybridized carbons (Fsp3) is 0.143. The summed E-state index contributed by atoms with van der Waals surface area (Å²) >= 11 is 11.3. The van der Waals surface area contributed by atoms with Crippen LogP contribution in [0.2, 0.25) is 10.0 Å². The Kier molecular flexibility index (Phi) is 5.23. The second-order valence-electron chi connectivity index (χ2n) is 4.68. The molecule has 0 aliphatic heterocycles. The molecule has 0 unspecified atom stereocenters.